The highest BCUT2D eigenvalue weighted by Gasteiger charge is 2.15. The Kier molecular flexibility index (Phi) is 5.72. The van der Waals surface area contributed by atoms with Gasteiger partial charge in [-0.1, -0.05) is 30.3 Å². The van der Waals surface area contributed by atoms with Gasteiger partial charge in [0.1, 0.15) is 42.5 Å². The molecular weight excluding hydrogens is 371 g/mol. The molecule has 1 N–H and O–H groups in total. The van der Waals surface area contributed by atoms with E-state index in [1.54, 1.807) is 0 Å². The number of imidazole rings is 1. The number of ether oxygens (including phenoxy) is 2. The fourth-order valence-electron chi connectivity index (χ4n) is 3.09. The van der Waals surface area contributed by atoms with Gasteiger partial charge in [-0.15, -0.1) is 0 Å². The molecule has 0 radical (unpaired) electrons. The van der Waals surface area contributed by atoms with Gasteiger partial charge in [-0.25, -0.2) is 9.37 Å². The number of halogens is 1. The molecule has 0 fully saturated rings. The molecule has 0 spiro atoms. The Bertz CT molecular complexity index is 1060. The van der Waals surface area contributed by atoms with Gasteiger partial charge in [0.25, 0.3) is 0 Å². The number of nitrogens with zero attached hydrogens (tertiary/aromatic N) is 2. The fraction of sp³-hybridized carbons (Fsp3) is 0.174. The molecule has 5 nitrogen and oxygen atoms in total. The van der Waals surface area contributed by atoms with Gasteiger partial charge in [-0.3, -0.25) is 0 Å². The molecule has 3 aromatic carbocycles. The zero-order valence-electron chi connectivity index (χ0n) is 15.7. The van der Waals surface area contributed by atoms with Gasteiger partial charge in [-0.2, -0.15) is 0 Å². The number of fused-ring (bicyclic) bond motifs is 1. The molecule has 29 heavy (non-hydrogen) atoms. The highest BCUT2D eigenvalue weighted by molar-refractivity contribution is 5.75. The van der Waals surface area contributed by atoms with Crippen molar-refractivity contribution in [2.45, 2.75) is 19.3 Å². The van der Waals surface area contributed by atoms with Crippen molar-refractivity contribution in [2.75, 3.05) is 6.61 Å². The lowest BCUT2D eigenvalue weighted by atomic mass is 10.3. The molecule has 1 aromatic heterocycles. The smallest absolute Gasteiger partial charge is 0.148 e. The van der Waals surface area contributed by atoms with Crippen LogP contribution in [-0.2, 0) is 13.2 Å². The van der Waals surface area contributed by atoms with Gasteiger partial charge in [0.05, 0.1) is 17.6 Å². The Morgan fingerprint density at radius 1 is 0.862 bits per heavy atom. The fourth-order valence-corrected chi connectivity index (χ4v) is 3.09. The van der Waals surface area contributed by atoms with Crippen LogP contribution >= 0.6 is 0 Å². The van der Waals surface area contributed by atoms with E-state index in [-0.39, 0.29) is 19.0 Å². The van der Waals surface area contributed by atoms with Gasteiger partial charge in [0, 0.05) is 0 Å². The molecule has 0 aliphatic carbocycles. The van der Waals surface area contributed by atoms with Crippen LogP contribution in [0.3, 0.4) is 0 Å². The van der Waals surface area contributed by atoms with Gasteiger partial charge in [-0.05, 0) is 48.5 Å². The summed E-state index contributed by atoms with van der Waals surface area (Å²) in [7, 11) is 0. The summed E-state index contributed by atoms with van der Waals surface area (Å²) >= 11 is 0. The molecule has 1 heterocycles. The Hall–Kier alpha value is -3.38. The van der Waals surface area contributed by atoms with E-state index < -0.39 is 6.10 Å². The van der Waals surface area contributed by atoms with Crippen molar-refractivity contribution in [1.82, 2.24) is 9.55 Å². The maximum Gasteiger partial charge on any atom is 0.148 e. The highest BCUT2D eigenvalue weighted by Crippen LogP contribution is 2.19. The van der Waals surface area contributed by atoms with E-state index in [2.05, 4.69) is 4.98 Å². The van der Waals surface area contributed by atoms with E-state index in [1.165, 1.54) is 24.3 Å². The summed E-state index contributed by atoms with van der Waals surface area (Å²) < 4.78 is 26.4. The minimum atomic E-state index is -0.770. The third-order valence-electron chi connectivity index (χ3n) is 4.49. The molecule has 0 saturated carbocycles. The zero-order valence-corrected chi connectivity index (χ0v) is 15.7. The van der Waals surface area contributed by atoms with Crippen LogP contribution in [0.1, 0.15) is 5.82 Å². The van der Waals surface area contributed by atoms with Gasteiger partial charge >= 0.3 is 0 Å². The molecule has 0 aliphatic rings. The topological polar surface area (TPSA) is 56.5 Å². The van der Waals surface area contributed by atoms with Crippen molar-refractivity contribution in [1.29, 1.82) is 0 Å². The predicted molar refractivity (Wildman–Crippen MR) is 108 cm³/mol. The van der Waals surface area contributed by atoms with Gasteiger partial charge < -0.3 is 19.1 Å². The van der Waals surface area contributed by atoms with Crippen LogP contribution in [0.2, 0.25) is 0 Å². The normalized spacial score (nSPS) is 12.1. The van der Waals surface area contributed by atoms with Gasteiger partial charge in [0.2, 0.25) is 0 Å². The van der Waals surface area contributed by atoms with Crippen LogP contribution in [0, 0.1) is 5.82 Å². The molecule has 4 rings (SSSR count). The monoisotopic (exact) mass is 392 g/mol. The largest absolute Gasteiger partial charge is 0.491 e. The Balaban J connectivity index is 1.48. The first-order valence-corrected chi connectivity index (χ1v) is 9.37. The number of aromatic nitrogens is 2. The van der Waals surface area contributed by atoms with Crippen molar-refractivity contribution in [3.8, 4) is 11.5 Å². The summed E-state index contributed by atoms with van der Waals surface area (Å²) in [5.74, 6) is 1.65. The number of hydrogen-bond donors (Lipinski definition) is 1. The van der Waals surface area contributed by atoms with E-state index in [0.29, 0.717) is 12.3 Å². The van der Waals surface area contributed by atoms with Crippen molar-refractivity contribution in [2.24, 2.45) is 0 Å². The first kappa shape index (κ1) is 19.0. The Morgan fingerprint density at radius 2 is 1.55 bits per heavy atom. The predicted octanol–water partition coefficient (Wildman–Crippen LogP) is 4.19. The quantitative estimate of drug-likeness (QED) is 0.488. The molecular formula is C23H21FN2O3. The van der Waals surface area contributed by atoms with E-state index >= 15 is 0 Å². The highest BCUT2D eigenvalue weighted by atomic mass is 19.1. The summed E-state index contributed by atoms with van der Waals surface area (Å²) in [6.45, 7) is 0.663. The molecule has 4 aromatic rings. The SMILES string of the molecule is OC(COc1ccc(F)cc1)Cn1c(COc2ccccc2)nc2ccccc21. The molecule has 0 bridgehead atoms. The third kappa shape index (κ3) is 4.73. The van der Waals surface area contributed by atoms with Crippen LogP contribution in [0.4, 0.5) is 4.39 Å². The lowest BCUT2D eigenvalue weighted by Crippen LogP contribution is -2.25. The first-order valence-electron chi connectivity index (χ1n) is 9.37. The van der Waals surface area contributed by atoms with Crippen molar-refractivity contribution in [3.63, 3.8) is 0 Å². The second-order valence-electron chi connectivity index (χ2n) is 6.65. The maximum absolute atomic E-state index is 13.0. The minimum absolute atomic E-state index is 0.0805. The summed E-state index contributed by atoms with van der Waals surface area (Å²) in [4.78, 5) is 4.65. The number of hydrogen-bond acceptors (Lipinski definition) is 4. The van der Waals surface area contributed by atoms with Crippen LogP contribution in [0.5, 0.6) is 11.5 Å². The van der Waals surface area contributed by atoms with Crippen LogP contribution in [0.15, 0.2) is 78.9 Å². The van der Waals surface area contributed by atoms with Gasteiger partial charge in [0.15, 0.2) is 0 Å². The van der Waals surface area contributed by atoms with E-state index in [1.807, 2.05) is 59.2 Å². The summed E-state index contributed by atoms with van der Waals surface area (Å²) in [6.07, 6.45) is -0.770. The molecule has 1 unspecified atom stereocenters. The van der Waals surface area contributed by atoms with Crippen LogP contribution in [-0.4, -0.2) is 27.4 Å². The molecule has 6 heteroatoms. The average Bonchev–Trinajstić information content (AvgIpc) is 3.10. The number of aliphatic hydroxyl groups excluding tert-OH is 1. The van der Waals surface area contributed by atoms with Crippen molar-refractivity contribution < 1.29 is 19.0 Å². The van der Waals surface area contributed by atoms with Crippen molar-refractivity contribution in [3.05, 3.63) is 90.5 Å². The zero-order chi connectivity index (χ0) is 20.1. The van der Waals surface area contributed by atoms with Crippen molar-refractivity contribution >= 4 is 11.0 Å². The average molecular weight is 392 g/mol. The van der Waals surface area contributed by atoms with E-state index in [9.17, 15) is 9.50 Å². The second kappa shape index (κ2) is 8.75. The molecule has 0 amide bonds. The van der Waals surface area contributed by atoms with E-state index in [4.69, 9.17) is 9.47 Å². The molecule has 148 valence electrons. The number of para-hydroxylation sites is 3. The standard InChI is InChI=1S/C23H21FN2O3/c24-17-10-12-20(13-11-17)28-15-18(27)14-26-22-9-5-4-8-21(22)25-23(26)16-29-19-6-2-1-3-7-19/h1-13,18,27H,14-16H2. The summed E-state index contributed by atoms with van der Waals surface area (Å²) in [5.41, 5.74) is 1.76. The number of benzene rings is 3. The Morgan fingerprint density at radius 3 is 2.34 bits per heavy atom. The minimum Gasteiger partial charge on any atom is -0.491 e. The number of aliphatic hydroxyl groups is 1. The summed E-state index contributed by atoms with van der Waals surface area (Å²) in [6, 6.07) is 23.0. The maximum atomic E-state index is 13.0. The molecule has 1 atom stereocenters. The lowest BCUT2D eigenvalue weighted by molar-refractivity contribution is 0.0917. The first-order chi connectivity index (χ1) is 14.2. The number of rotatable bonds is 8. The second-order valence-corrected chi connectivity index (χ2v) is 6.65. The van der Waals surface area contributed by atoms with E-state index in [0.717, 1.165) is 22.6 Å². The Labute approximate surface area is 168 Å². The van der Waals surface area contributed by atoms with Crippen LogP contribution in [0.25, 0.3) is 11.0 Å². The van der Waals surface area contributed by atoms with Crippen LogP contribution < -0.4 is 9.47 Å². The molecule has 0 saturated heterocycles. The third-order valence-corrected chi connectivity index (χ3v) is 4.49. The molecule has 0 aliphatic heterocycles. The lowest BCUT2D eigenvalue weighted by Gasteiger charge is -2.16. The summed E-state index contributed by atoms with van der Waals surface area (Å²) in [5, 5.41) is 10.5.